The monoisotopic (exact) mass is 388 g/mol. The van der Waals surface area contributed by atoms with Gasteiger partial charge in [-0.15, -0.1) is 0 Å². The molecule has 1 heteroatoms. The van der Waals surface area contributed by atoms with Crippen LogP contribution in [0.4, 0.5) is 0 Å². The molecule has 2 aromatic carbocycles. The van der Waals surface area contributed by atoms with Crippen molar-refractivity contribution in [3.05, 3.63) is 81.6 Å². The first-order valence-corrected chi connectivity index (χ1v) is 12.9. The Balaban J connectivity index is 2.42. The van der Waals surface area contributed by atoms with Crippen molar-refractivity contribution in [3.8, 4) is 0 Å². The molecule has 0 aromatic heterocycles. The zero-order valence-corrected chi connectivity index (χ0v) is 20.0. The fourth-order valence-corrected chi connectivity index (χ4v) is 11.8. The summed E-state index contributed by atoms with van der Waals surface area (Å²) in [6, 6.07) is 20.0. The van der Waals surface area contributed by atoms with Crippen molar-refractivity contribution in [2.75, 3.05) is 0 Å². The molecular formula is C27H36Si. The Morgan fingerprint density at radius 1 is 0.786 bits per heavy atom. The Bertz CT molecular complexity index is 910. The van der Waals surface area contributed by atoms with Crippen molar-refractivity contribution in [1.29, 1.82) is 0 Å². The minimum absolute atomic E-state index is 0.534. The standard InChI is InChI=1S/C27H36Si/c1-18(2)17-28(25-12-10-9-11-13-25,26-15-19(3)14-20(4)16-26)27-23(7)21(5)22(6)24(27)8/h9-16,18,23H,17H2,1-8H3. The third-order valence-electron chi connectivity index (χ3n) is 6.80. The lowest BCUT2D eigenvalue weighted by Gasteiger charge is -2.39. The molecule has 0 amide bonds. The highest BCUT2D eigenvalue weighted by molar-refractivity contribution is 7.07. The number of benzene rings is 2. The first kappa shape index (κ1) is 20.9. The Kier molecular flexibility index (Phi) is 5.86. The van der Waals surface area contributed by atoms with Crippen molar-refractivity contribution >= 4 is 18.4 Å². The lowest BCUT2D eigenvalue weighted by atomic mass is 10.1. The molecule has 0 aliphatic heterocycles. The van der Waals surface area contributed by atoms with E-state index in [4.69, 9.17) is 0 Å². The molecule has 0 fully saturated rings. The van der Waals surface area contributed by atoms with Crippen LogP contribution in [0.15, 0.2) is 70.4 Å². The average molecular weight is 389 g/mol. The molecule has 1 aliphatic rings. The van der Waals surface area contributed by atoms with Gasteiger partial charge < -0.3 is 0 Å². The Hall–Kier alpha value is -1.86. The van der Waals surface area contributed by atoms with Crippen molar-refractivity contribution in [2.45, 2.75) is 61.4 Å². The predicted octanol–water partition coefficient (Wildman–Crippen LogP) is 6.36. The first-order valence-electron chi connectivity index (χ1n) is 10.7. The second-order valence-electron chi connectivity index (χ2n) is 9.31. The zero-order chi connectivity index (χ0) is 20.6. The van der Waals surface area contributed by atoms with Crippen molar-refractivity contribution in [3.63, 3.8) is 0 Å². The fraction of sp³-hybridized carbons (Fsp3) is 0.407. The average Bonchev–Trinajstić information content (AvgIpc) is 2.83. The maximum absolute atomic E-state index is 2.49. The third kappa shape index (κ3) is 3.46. The summed E-state index contributed by atoms with van der Waals surface area (Å²) in [6.07, 6.45) is 0. The normalized spacial score (nSPS) is 19.5. The summed E-state index contributed by atoms with van der Waals surface area (Å²) in [6.45, 7) is 18.8. The number of hydrogen-bond donors (Lipinski definition) is 0. The van der Waals surface area contributed by atoms with E-state index < -0.39 is 8.07 Å². The Morgan fingerprint density at radius 2 is 1.36 bits per heavy atom. The molecule has 0 saturated carbocycles. The fourth-order valence-electron chi connectivity index (χ4n) is 5.43. The molecule has 1 aliphatic carbocycles. The van der Waals surface area contributed by atoms with Crippen LogP contribution in [0.5, 0.6) is 0 Å². The lowest BCUT2D eigenvalue weighted by Crippen LogP contribution is -2.62. The van der Waals surface area contributed by atoms with Gasteiger partial charge in [-0.1, -0.05) is 96.8 Å². The van der Waals surface area contributed by atoms with Crippen molar-refractivity contribution < 1.29 is 0 Å². The topological polar surface area (TPSA) is 0 Å². The van der Waals surface area contributed by atoms with Crippen molar-refractivity contribution in [2.24, 2.45) is 11.8 Å². The van der Waals surface area contributed by atoms with Gasteiger partial charge in [0, 0.05) is 0 Å². The molecule has 0 saturated heterocycles. The van der Waals surface area contributed by atoms with Gasteiger partial charge >= 0.3 is 0 Å². The summed E-state index contributed by atoms with van der Waals surface area (Å²) >= 11 is 0. The van der Waals surface area contributed by atoms with Gasteiger partial charge in [0.25, 0.3) is 0 Å². The van der Waals surface area contributed by atoms with Crippen LogP contribution in [0.1, 0.15) is 52.7 Å². The number of rotatable bonds is 5. The highest BCUT2D eigenvalue weighted by Crippen LogP contribution is 2.43. The van der Waals surface area contributed by atoms with Gasteiger partial charge in [0.1, 0.15) is 8.07 Å². The van der Waals surface area contributed by atoms with E-state index in [0.29, 0.717) is 11.8 Å². The predicted molar refractivity (Wildman–Crippen MR) is 127 cm³/mol. The number of aryl methyl sites for hydroxylation is 2. The second-order valence-corrected chi connectivity index (χ2v) is 13.2. The summed E-state index contributed by atoms with van der Waals surface area (Å²) in [5.74, 6) is 1.19. The summed E-state index contributed by atoms with van der Waals surface area (Å²) in [4.78, 5) is 0. The van der Waals surface area contributed by atoms with E-state index in [1.807, 2.05) is 0 Å². The smallest absolute Gasteiger partial charge is 0.0636 e. The minimum Gasteiger partial charge on any atom is -0.0636 e. The lowest BCUT2D eigenvalue weighted by molar-refractivity contribution is 0.719. The molecule has 3 rings (SSSR count). The summed E-state index contributed by atoms with van der Waals surface area (Å²) in [5, 5.41) is 4.90. The van der Waals surface area contributed by atoms with Gasteiger partial charge in [-0.2, -0.15) is 0 Å². The van der Waals surface area contributed by atoms with Crippen LogP contribution in [0.2, 0.25) is 6.04 Å². The molecular weight excluding hydrogens is 352 g/mol. The van der Waals surface area contributed by atoms with Gasteiger partial charge in [-0.05, 0) is 68.4 Å². The van der Waals surface area contributed by atoms with Crippen LogP contribution in [-0.2, 0) is 0 Å². The molecule has 0 heterocycles. The Morgan fingerprint density at radius 3 is 1.82 bits per heavy atom. The highest BCUT2D eigenvalue weighted by atomic mass is 28.3. The molecule has 0 radical (unpaired) electrons. The van der Waals surface area contributed by atoms with E-state index in [2.05, 4.69) is 104 Å². The van der Waals surface area contributed by atoms with Crippen LogP contribution in [0, 0.1) is 25.7 Å². The Labute approximate surface area is 173 Å². The van der Waals surface area contributed by atoms with E-state index in [0.717, 1.165) is 0 Å². The van der Waals surface area contributed by atoms with Gasteiger partial charge in [-0.3, -0.25) is 0 Å². The van der Waals surface area contributed by atoms with Crippen LogP contribution in [-0.4, -0.2) is 8.07 Å². The van der Waals surface area contributed by atoms with Crippen LogP contribution in [0.25, 0.3) is 0 Å². The molecule has 0 N–H and O–H groups in total. The summed E-state index contributed by atoms with van der Waals surface area (Å²) in [5.41, 5.74) is 7.41. The minimum atomic E-state index is -2.11. The molecule has 28 heavy (non-hydrogen) atoms. The molecule has 0 nitrogen and oxygen atoms in total. The molecule has 0 spiro atoms. The maximum atomic E-state index is 2.49. The van der Waals surface area contributed by atoms with Crippen LogP contribution in [0.3, 0.4) is 0 Å². The van der Waals surface area contributed by atoms with Crippen molar-refractivity contribution in [1.82, 2.24) is 0 Å². The molecule has 2 aromatic rings. The number of hydrogen-bond acceptors (Lipinski definition) is 0. The van der Waals surface area contributed by atoms with Crippen LogP contribution < -0.4 is 10.4 Å². The molecule has 0 bridgehead atoms. The zero-order valence-electron chi connectivity index (χ0n) is 19.0. The van der Waals surface area contributed by atoms with Crippen LogP contribution >= 0.6 is 0 Å². The van der Waals surface area contributed by atoms with Gasteiger partial charge in [0.15, 0.2) is 0 Å². The van der Waals surface area contributed by atoms with E-state index >= 15 is 0 Å². The maximum Gasteiger partial charge on any atom is 0.145 e. The quantitative estimate of drug-likeness (QED) is 0.522. The largest absolute Gasteiger partial charge is 0.145 e. The van der Waals surface area contributed by atoms with E-state index in [1.165, 1.54) is 22.7 Å². The summed E-state index contributed by atoms with van der Waals surface area (Å²) in [7, 11) is -2.11. The van der Waals surface area contributed by atoms with E-state index in [1.54, 1.807) is 26.7 Å². The second kappa shape index (κ2) is 7.87. The van der Waals surface area contributed by atoms with Gasteiger partial charge in [-0.25, -0.2) is 0 Å². The molecule has 148 valence electrons. The summed E-state index contributed by atoms with van der Waals surface area (Å²) < 4.78 is 0. The van der Waals surface area contributed by atoms with Gasteiger partial charge in [0.05, 0.1) is 0 Å². The SMILES string of the molecule is CC1=C(C)C(C)C([Si](CC(C)C)(c2ccccc2)c2cc(C)cc(C)c2)=C1C. The molecule has 2 unspecified atom stereocenters. The number of allylic oxidation sites excluding steroid dienone is 4. The first-order chi connectivity index (χ1) is 13.2. The van der Waals surface area contributed by atoms with E-state index in [-0.39, 0.29) is 0 Å². The molecule has 2 atom stereocenters. The third-order valence-corrected chi connectivity index (χ3v) is 12.5. The highest BCUT2D eigenvalue weighted by Gasteiger charge is 2.46. The van der Waals surface area contributed by atoms with E-state index in [9.17, 15) is 0 Å². The van der Waals surface area contributed by atoms with Gasteiger partial charge in [0.2, 0.25) is 0 Å².